The van der Waals surface area contributed by atoms with Crippen molar-refractivity contribution >= 4 is 18.3 Å². The molecule has 16 heavy (non-hydrogen) atoms. The summed E-state index contributed by atoms with van der Waals surface area (Å²) in [4.78, 5) is 10.1. The zero-order chi connectivity index (χ0) is 12.0. The predicted molar refractivity (Wildman–Crippen MR) is 66.4 cm³/mol. The van der Waals surface area contributed by atoms with Crippen LogP contribution in [-0.4, -0.2) is 17.3 Å². The van der Waals surface area contributed by atoms with E-state index in [0.29, 0.717) is 12.4 Å². The lowest BCUT2D eigenvalue weighted by molar-refractivity contribution is -0.384. The molecule has 0 amide bonds. The summed E-state index contributed by atoms with van der Waals surface area (Å²) in [6.45, 7) is 2.43. The molecule has 0 aliphatic carbocycles. The molecule has 5 heteroatoms. The van der Waals surface area contributed by atoms with Gasteiger partial charge >= 0.3 is 0 Å². The molecule has 0 bridgehead atoms. The van der Waals surface area contributed by atoms with Crippen LogP contribution in [0.2, 0.25) is 0 Å². The average Bonchev–Trinajstić information content (AvgIpc) is 2.26. The second kappa shape index (κ2) is 6.37. The van der Waals surface area contributed by atoms with Gasteiger partial charge in [-0.1, -0.05) is 0 Å². The lowest BCUT2D eigenvalue weighted by Crippen LogP contribution is -1.99. The Morgan fingerprint density at radius 2 is 2.19 bits per heavy atom. The van der Waals surface area contributed by atoms with Crippen LogP contribution in [0.4, 0.5) is 5.69 Å². The smallest absolute Gasteiger partial charge is 0.269 e. The van der Waals surface area contributed by atoms with Gasteiger partial charge in [0.25, 0.3) is 5.69 Å². The number of non-ortho nitro benzene ring substituents is 1. The first-order chi connectivity index (χ1) is 7.65. The monoisotopic (exact) mass is 241 g/mol. The first kappa shape index (κ1) is 12.8. The van der Waals surface area contributed by atoms with Gasteiger partial charge < -0.3 is 4.74 Å². The largest absolute Gasteiger partial charge is 0.493 e. The van der Waals surface area contributed by atoms with Crippen molar-refractivity contribution in [1.29, 1.82) is 0 Å². The molecule has 1 rings (SSSR count). The summed E-state index contributed by atoms with van der Waals surface area (Å²) in [6, 6.07) is 4.63. The van der Waals surface area contributed by atoms with Gasteiger partial charge in [-0.15, -0.1) is 0 Å². The molecule has 0 atom stereocenters. The number of nitro benzene ring substituents is 1. The molecule has 0 unspecified atom stereocenters. The minimum absolute atomic E-state index is 0.0974. The van der Waals surface area contributed by atoms with E-state index in [1.54, 1.807) is 13.0 Å². The molecule has 0 aromatic heterocycles. The highest BCUT2D eigenvalue weighted by Crippen LogP contribution is 2.23. The average molecular weight is 241 g/mol. The summed E-state index contributed by atoms with van der Waals surface area (Å²) < 4.78 is 5.52. The highest BCUT2D eigenvalue weighted by atomic mass is 32.1. The molecule has 0 spiro atoms. The third-order valence-electron chi connectivity index (χ3n) is 2.18. The van der Waals surface area contributed by atoms with E-state index in [9.17, 15) is 10.1 Å². The van der Waals surface area contributed by atoms with Gasteiger partial charge in [0, 0.05) is 12.1 Å². The SMILES string of the molecule is Cc1cc([N+](=O)[O-])ccc1OCCCCS. The molecular formula is C11H15NO3S. The van der Waals surface area contributed by atoms with E-state index in [1.165, 1.54) is 12.1 Å². The lowest BCUT2D eigenvalue weighted by Gasteiger charge is -2.08. The second-order valence-corrected chi connectivity index (χ2v) is 3.93. The van der Waals surface area contributed by atoms with E-state index >= 15 is 0 Å². The number of thiol groups is 1. The van der Waals surface area contributed by atoms with Gasteiger partial charge in [-0.2, -0.15) is 12.6 Å². The van der Waals surface area contributed by atoms with Crippen LogP contribution in [-0.2, 0) is 0 Å². The van der Waals surface area contributed by atoms with Crippen LogP contribution in [0.1, 0.15) is 18.4 Å². The Labute approximate surface area is 100 Å². The molecule has 0 saturated carbocycles. The fourth-order valence-corrected chi connectivity index (χ4v) is 1.53. The first-order valence-electron chi connectivity index (χ1n) is 5.14. The van der Waals surface area contributed by atoms with Gasteiger partial charge in [0.1, 0.15) is 5.75 Å². The zero-order valence-electron chi connectivity index (χ0n) is 9.18. The summed E-state index contributed by atoms with van der Waals surface area (Å²) in [5.74, 6) is 1.56. The van der Waals surface area contributed by atoms with Crippen molar-refractivity contribution in [3.63, 3.8) is 0 Å². The van der Waals surface area contributed by atoms with Gasteiger partial charge in [0.15, 0.2) is 0 Å². The van der Waals surface area contributed by atoms with Crippen molar-refractivity contribution in [2.24, 2.45) is 0 Å². The number of benzene rings is 1. The molecule has 0 saturated heterocycles. The summed E-state index contributed by atoms with van der Waals surface area (Å²) in [6.07, 6.45) is 1.95. The zero-order valence-corrected chi connectivity index (χ0v) is 10.1. The molecule has 1 aromatic carbocycles. The molecular weight excluding hydrogens is 226 g/mol. The Morgan fingerprint density at radius 1 is 1.44 bits per heavy atom. The Hall–Kier alpha value is -1.23. The Morgan fingerprint density at radius 3 is 2.75 bits per heavy atom. The van der Waals surface area contributed by atoms with Crippen LogP contribution < -0.4 is 4.74 Å². The number of nitrogens with zero attached hydrogens (tertiary/aromatic N) is 1. The molecule has 0 radical (unpaired) electrons. The fourth-order valence-electron chi connectivity index (χ4n) is 1.31. The molecule has 0 heterocycles. The Balaban J connectivity index is 2.57. The van der Waals surface area contributed by atoms with Crippen LogP contribution in [0.15, 0.2) is 18.2 Å². The van der Waals surface area contributed by atoms with E-state index in [1.807, 2.05) is 0 Å². The van der Waals surface area contributed by atoms with Crippen LogP contribution in [0.3, 0.4) is 0 Å². The summed E-state index contributed by atoms with van der Waals surface area (Å²) >= 11 is 4.11. The van der Waals surface area contributed by atoms with E-state index < -0.39 is 4.92 Å². The summed E-state index contributed by atoms with van der Waals surface area (Å²) in [5.41, 5.74) is 0.889. The standard InChI is InChI=1S/C11H15NO3S/c1-9-8-10(12(13)14)4-5-11(9)15-6-2-3-7-16/h4-5,8,16H,2-3,6-7H2,1H3. The minimum Gasteiger partial charge on any atom is -0.493 e. The third-order valence-corrected chi connectivity index (χ3v) is 2.50. The number of nitro groups is 1. The minimum atomic E-state index is -0.405. The van der Waals surface area contributed by atoms with Gasteiger partial charge in [0.2, 0.25) is 0 Å². The predicted octanol–water partition coefficient (Wildman–Crippen LogP) is 2.99. The molecule has 0 fully saturated rings. The Kier molecular flexibility index (Phi) is 5.11. The maximum atomic E-state index is 10.5. The van der Waals surface area contributed by atoms with Crippen molar-refractivity contribution in [2.45, 2.75) is 19.8 Å². The quantitative estimate of drug-likeness (QED) is 0.360. The molecule has 88 valence electrons. The van der Waals surface area contributed by atoms with Gasteiger partial charge in [-0.25, -0.2) is 0 Å². The summed E-state index contributed by atoms with van der Waals surface area (Å²) in [7, 11) is 0. The molecule has 4 nitrogen and oxygen atoms in total. The number of hydrogen-bond donors (Lipinski definition) is 1. The molecule has 1 aromatic rings. The van der Waals surface area contributed by atoms with E-state index in [2.05, 4.69) is 12.6 Å². The third kappa shape index (κ3) is 3.73. The Bertz CT molecular complexity index is 368. The van der Waals surface area contributed by atoms with Crippen LogP contribution in [0.25, 0.3) is 0 Å². The molecule has 0 aliphatic rings. The molecule has 0 aliphatic heterocycles. The second-order valence-electron chi connectivity index (χ2n) is 3.49. The first-order valence-corrected chi connectivity index (χ1v) is 5.77. The van der Waals surface area contributed by atoms with Crippen molar-refractivity contribution in [2.75, 3.05) is 12.4 Å². The van der Waals surface area contributed by atoms with Crippen LogP contribution in [0, 0.1) is 17.0 Å². The summed E-state index contributed by atoms with van der Waals surface area (Å²) in [5, 5.41) is 10.5. The number of hydrogen-bond acceptors (Lipinski definition) is 4. The van der Waals surface area contributed by atoms with Gasteiger partial charge in [-0.3, -0.25) is 10.1 Å². The fraction of sp³-hybridized carbons (Fsp3) is 0.455. The maximum absolute atomic E-state index is 10.5. The number of unbranched alkanes of at least 4 members (excludes halogenated alkanes) is 1. The van der Waals surface area contributed by atoms with Gasteiger partial charge in [-0.05, 0) is 37.1 Å². The van der Waals surface area contributed by atoms with E-state index in [0.717, 1.165) is 24.2 Å². The van der Waals surface area contributed by atoms with Gasteiger partial charge in [0.05, 0.1) is 11.5 Å². The van der Waals surface area contributed by atoms with E-state index in [-0.39, 0.29) is 5.69 Å². The highest BCUT2D eigenvalue weighted by molar-refractivity contribution is 7.80. The van der Waals surface area contributed by atoms with Crippen molar-refractivity contribution in [3.05, 3.63) is 33.9 Å². The number of aryl methyl sites for hydroxylation is 1. The van der Waals surface area contributed by atoms with Crippen molar-refractivity contribution < 1.29 is 9.66 Å². The lowest BCUT2D eigenvalue weighted by atomic mass is 10.2. The number of rotatable bonds is 6. The molecule has 0 N–H and O–H groups in total. The van der Waals surface area contributed by atoms with Crippen molar-refractivity contribution in [1.82, 2.24) is 0 Å². The topological polar surface area (TPSA) is 52.4 Å². The van der Waals surface area contributed by atoms with Crippen molar-refractivity contribution in [3.8, 4) is 5.75 Å². The normalized spacial score (nSPS) is 10.1. The maximum Gasteiger partial charge on any atom is 0.269 e. The van der Waals surface area contributed by atoms with Crippen LogP contribution in [0.5, 0.6) is 5.75 Å². The number of ether oxygens (including phenoxy) is 1. The van der Waals surface area contributed by atoms with E-state index in [4.69, 9.17) is 4.74 Å². The highest BCUT2D eigenvalue weighted by Gasteiger charge is 2.08. The van der Waals surface area contributed by atoms with Crippen LogP contribution >= 0.6 is 12.6 Å².